The molecule has 0 atom stereocenters. The number of hydrogen-bond donors (Lipinski definition) is 0. The van der Waals surface area contributed by atoms with Crippen LogP contribution in [0, 0.1) is 6.92 Å². The summed E-state index contributed by atoms with van der Waals surface area (Å²) in [7, 11) is 3.65. The number of carbonyl (C=O) groups excluding carboxylic acids is 1. The van der Waals surface area contributed by atoms with Crippen molar-refractivity contribution >= 4 is 12.0 Å². The maximum absolute atomic E-state index is 12.0. The minimum Gasteiger partial charge on any atom is -0.338 e. The van der Waals surface area contributed by atoms with E-state index in [9.17, 15) is 4.79 Å². The summed E-state index contributed by atoms with van der Waals surface area (Å²) in [5.74, 6) is -0.0190. The molecule has 104 valence electrons. The molecule has 0 saturated carbocycles. The third kappa shape index (κ3) is 3.82. The molecule has 0 radical (unpaired) electrons. The van der Waals surface area contributed by atoms with Gasteiger partial charge in [-0.15, -0.1) is 0 Å². The second-order valence-corrected chi connectivity index (χ2v) is 4.96. The fourth-order valence-corrected chi connectivity index (χ4v) is 1.87. The quantitative estimate of drug-likeness (QED) is 0.799. The Balaban J connectivity index is 1.95. The van der Waals surface area contributed by atoms with Crippen molar-refractivity contribution in [3.8, 4) is 0 Å². The highest BCUT2D eigenvalue weighted by atomic mass is 16.2. The monoisotopic (exact) mass is 269 g/mol. The van der Waals surface area contributed by atoms with Crippen molar-refractivity contribution in [1.82, 2.24) is 14.7 Å². The maximum atomic E-state index is 12.0. The predicted octanol–water partition coefficient (Wildman–Crippen LogP) is 2.40. The van der Waals surface area contributed by atoms with Crippen LogP contribution in [0.4, 0.5) is 0 Å². The average Bonchev–Trinajstić information content (AvgIpc) is 2.84. The van der Waals surface area contributed by atoms with E-state index in [0.717, 1.165) is 11.1 Å². The summed E-state index contributed by atoms with van der Waals surface area (Å²) < 4.78 is 1.71. The zero-order valence-corrected chi connectivity index (χ0v) is 12.1. The molecule has 4 nitrogen and oxygen atoms in total. The number of benzene rings is 1. The van der Waals surface area contributed by atoms with Crippen LogP contribution in [-0.2, 0) is 18.4 Å². The van der Waals surface area contributed by atoms with Gasteiger partial charge in [-0.25, -0.2) is 0 Å². The third-order valence-electron chi connectivity index (χ3n) is 3.06. The van der Waals surface area contributed by atoms with E-state index in [0.29, 0.717) is 6.54 Å². The van der Waals surface area contributed by atoms with Crippen LogP contribution in [0.15, 0.2) is 42.7 Å². The van der Waals surface area contributed by atoms with Gasteiger partial charge in [0.05, 0.1) is 6.20 Å². The van der Waals surface area contributed by atoms with E-state index in [1.807, 2.05) is 25.4 Å². The number of hydrogen-bond acceptors (Lipinski definition) is 2. The highest BCUT2D eigenvalue weighted by Gasteiger charge is 2.05. The fourth-order valence-electron chi connectivity index (χ4n) is 1.87. The van der Waals surface area contributed by atoms with Crippen LogP contribution in [-0.4, -0.2) is 27.6 Å². The fraction of sp³-hybridized carbons (Fsp3) is 0.250. The molecule has 1 heterocycles. The largest absolute Gasteiger partial charge is 0.338 e. The molecule has 1 amide bonds. The molecule has 0 fully saturated rings. The van der Waals surface area contributed by atoms with E-state index in [1.165, 1.54) is 5.56 Å². The Morgan fingerprint density at radius 3 is 2.65 bits per heavy atom. The van der Waals surface area contributed by atoms with Crippen molar-refractivity contribution in [3.05, 3.63) is 59.4 Å². The van der Waals surface area contributed by atoms with E-state index in [4.69, 9.17) is 0 Å². The molecular formula is C16H19N3O. The van der Waals surface area contributed by atoms with Gasteiger partial charge in [0.15, 0.2) is 0 Å². The van der Waals surface area contributed by atoms with Crippen molar-refractivity contribution in [2.45, 2.75) is 13.5 Å². The van der Waals surface area contributed by atoms with Gasteiger partial charge < -0.3 is 4.90 Å². The molecule has 0 unspecified atom stereocenters. The smallest absolute Gasteiger partial charge is 0.246 e. The number of amides is 1. The van der Waals surface area contributed by atoms with Crippen molar-refractivity contribution in [2.75, 3.05) is 7.05 Å². The van der Waals surface area contributed by atoms with Crippen LogP contribution < -0.4 is 0 Å². The summed E-state index contributed by atoms with van der Waals surface area (Å²) in [6.45, 7) is 2.66. The maximum Gasteiger partial charge on any atom is 0.246 e. The second-order valence-electron chi connectivity index (χ2n) is 4.96. The molecule has 0 saturated heterocycles. The van der Waals surface area contributed by atoms with Crippen molar-refractivity contribution in [2.24, 2.45) is 7.05 Å². The van der Waals surface area contributed by atoms with Crippen LogP contribution >= 0.6 is 0 Å². The van der Waals surface area contributed by atoms with Crippen molar-refractivity contribution in [3.63, 3.8) is 0 Å². The molecule has 2 aromatic rings. The second kappa shape index (κ2) is 6.19. The summed E-state index contributed by atoms with van der Waals surface area (Å²) in [5.41, 5.74) is 3.27. The molecule has 1 aromatic heterocycles. The van der Waals surface area contributed by atoms with E-state index in [2.05, 4.69) is 24.2 Å². The highest BCUT2D eigenvalue weighted by molar-refractivity contribution is 5.91. The number of rotatable bonds is 4. The summed E-state index contributed by atoms with van der Waals surface area (Å²) in [5, 5.41) is 4.06. The number of aromatic nitrogens is 2. The van der Waals surface area contributed by atoms with Crippen molar-refractivity contribution in [1.29, 1.82) is 0 Å². The molecule has 0 spiro atoms. The number of aryl methyl sites for hydroxylation is 2. The first-order valence-electron chi connectivity index (χ1n) is 6.52. The van der Waals surface area contributed by atoms with Gasteiger partial charge >= 0.3 is 0 Å². The molecule has 0 N–H and O–H groups in total. The van der Waals surface area contributed by atoms with Gasteiger partial charge in [0, 0.05) is 38.5 Å². The molecule has 4 heteroatoms. The Bertz CT molecular complexity index is 611. The topological polar surface area (TPSA) is 38.1 Å². The molecular weight excluding hydrogens is 250 g/mol. The lowest BCUT2D eigenvalue weighted by atomic mass is 10.1. The van der Waals surface area contributed by atoms with Crippen LogP contribution in [0.25, 0.3) is 6.08 Å². The number of likely N-dealkylation sites (N-methyl/N-ethyl adjacent to an activating group) is 1. The molecule has 0 aliphatic heterocycles. The number of nitrogens with zero attached hydrogens (tertiary/aromatic N) is 3. The average molecular weight is 269 g/mol. The Labute approximate surface area is 119 Å². The first kappa shape index (κ1) is 14.1. The zero-order valence-electron chi connectivity index (χ0n) is 12.1. The van der Waals surface area contributed by atoms with Crippen LogP contribution in [0.1, 0.15) is 16.7 Å². The van der Waals surface area contributed by atoms with E-state index in [-0.39, 0.29) is 5.91 Å². The van der Waals surface area contributed by atoms with Gasteiger partial charge in [-0.05, 0) is 18.6 Å². The summed E-state index contributed by atoms with van der Waals surface area (Å²) in [6.07, 6.45) is 6.94. The first-order valence-corrected chi connectivity index (χ1v) is 6.52. The van der Waals surface area contributed by atoms with Gasteiger partial charge in [0.1, 0.15) is 0 Å². The van der Waals surface area contributed by atoms with E-state index >= 15 is 0 Å². The van der Waals surface area contributed by atoms with E-state index < -0.39 is 0 Å². The zero-order chi connectivity index (χ0) is 14.5. The van der Waals surface area contributed by atoms with E-state index in [1.54, 1.807) is 35.0 Å². The van der Waals surface area contributed by atoms with Crippen molar-refractivity contribution < 1.29 is 4.79 Å². The van der Waals surface area contributed by atoms with Gasteiger partial charge in [0.25, 0.3) is 0 Å². The molecule has 1 aromatic carbocycles. The molecule has 2 rings (SSSR count). The summed E-state index contributed by atoms with van der Waals surface area (Å²) >= 11 is 0. The van der Waals surface area contributed by atoms with Crippen LogP contribution in [0.3, 0.4) is 0 Å². The van der Waals surface area contributed by atoms with Crippen LogP contribution in [0.5, 0.6) is 0 Å². The summed E-state index contributed by atoms with van der Waals surface area (Å²) in [4.78, 5) is 13.7. The SMILES string of the molecule is Cc1ccc(CN(C)C(=O)C=Cc2cnn(C)c2)cc1. The summed E-state index contributed by atoms with van der Waals surface area (Å²) in [6, 6.07) is 8.20. The highest BCUT2D eigenvalue weighted by Crippen LogP contribution is 2.07. The lowest BCUT2D eigenvalue weighted by Crippen LogP contribution is -2.24. The Hall–Kier alpha value is -2.36. The van der Waals surface area contributed by atoms with Gasteiger partial charge in [0.2, 0.25) is 5.91 Å². The Kier molecular flexibility index (Phi) is 4.35. The number of carbonyl (C=O) groups is 1. The minimum absolute atomic E-state index is 0.0190. The Morgan fingerprint density at radius 2 is 2.05 bits per heavy atom. The predicted molar refractivity (Wildman–Crippen MR) is 79.9 cm³/mol. The first-order chi connectivity index (χ1) is 9.54. The van der Waals surface area contributed by atoms with Gasteiger partial charge in [-0.1, -0.05) is 29.8 Å². The van der Waals surface area contributed by atoms with Gasteiger partial charge in [-0.2, -0.15) is 5.10 Å². The molecule has 0 bridgehead atoms. The molecule has 0 aliphatic carbocycles. The van der Waals surface area contributed by atoms with Gasteiger partial charge in [-0.3, -0.25) is 9.48 Å². The normalized spacial score (nSPS) is 10.9. The lowest BCUT2D eigenvalue weighted by Gasteiger charge is -2.15. The van der Waals surface area contributed by atoms with Crippen LogP contribution in [0.2, 0.25) is 0 Å². The standard InChI is InChI=1S/C16H19N3O/c1-13-4-6-14(7-5-13)11-18(2)16(20)9-8-15-10-17-19(3)12-15/h4-10,12H,11H2,1-3H3. The molecule has 0 aliphatic rings. The minimum atomic E-state index is -0.0190. The third-order valence-corrected chi connectivity index (χ3v) is 3.06. The lowest BCUT2D eigenvalue weighted by molar-refractivity contribution is -0.125. The molecule has 20 heavy (non-hydrogen) atoms. The Morgan fingerprint density at radius 1 is 1.35 bits per heavy atom.